The first-order valence-electron chi connectivity index (χ1n) is 6.89. The van der Waals surface area contributed by atoms with Crippen LogP contribution in [0.25, 0.3) is 0 Å². The highest BCUT2D eigenvalue weighted by Crippen LogP contribution is 2.31. The fourth-order valence-corrected chi connectivity index (χ4v) is 2.18. The number of amides is 1. The van der Waals surface area contributed by atoms with Crippen molar-refractivity contribution in [3.8, 4) is 5.88 Å². The number of ether oxygens (including phenoxy) is 1. The summed E-state index contributed by atoms with van der Waals surface area (Å²) in [6.07, 6.45) is -1.60. The molecule has 1 amide bonds. The minimum Gasteiger partial charge on any atom is -0.472 e. The van der Waals surface area contributed by atoms with E-state index in [1.807, 2.05) is 13.8 Å². The molecule has 0 saturated carbocycles. The molecule has 1 atom stereocenters. The Hall–Kier alpha value is -2.05. The van der Waals surface area contributed by atoms with Gasteiger partial charge in [0.05, 0.1) is 12.1 Å². The maximum atomic E-state index is 12.6. The minimum atomic E-state index is -4.43. The van der Waals surface area contributed by atoms with Gasteiger partial charge in [0.2, 0.25) is 11.8 Å². The van der Waals surface area contributed by atoms with Gasteiger partial charge in [0.15, 0.2) is 0 Å². The van der Waals surface area contributed by atoms with Crippen LogP contribution in [0.5, 0.6) is 5.88 Å². The molecule has 7 heteroatoms. The lowest BCUT2D eigenvalue weighted by Crippen LogP contribution is -2.29. The second-order valence-corrected chi connectivity index (χ2v) is 5.41. The lowest BCUT2D eigenvalue weighted by atomic mass is 10.2. The van der Waals surface area contributed by atoms with Crippen LogP contribution in [0.4, 0.5) is 13.2 Å². The van der Waals surface area contributed by atoms with E-state index in [1.165, 1.54) is 6.08 Å². The molecule has 4 nitrogen and oxygen atoms in total. The Morgan fingerprint density at radius 1 is 1.45 bits per heavy atom. The largest absolute Gasteiger partial charge is 0.472 e. The van der Waals surface area contributed by atoms with Gasteiger partial charge in [-0.25, -0.2) is 4.98 Å². The molecule has 1 aliphatic rings. The van der Waals surface area contributed by atoms with E-state index in [9.17, 15) is 18.0 Å². The van der Waals surface area contributed by atoms with Crippen LogP contribution >= 0.6 is 0 Å². The monoisotopic (exact) mass is 314 g/mol. The number of aromatic nitrogens is 1. The molecule has 0 spiro atoms. The molecule has 1 aromatic heterocycles. The van der Waals surface area contributed by atoms with E-state index in [1.54, 1.807) is 4.90 Å². The molecule has 120 valence electrons. The van der Waals surface area contributed by atoms with Gasteiger partial charge in [0, 0.05) is 31.3 Å². The second kappa shape index (κ2) is 6.37. The Morgan fingerprint density at radius 3 is 2.82 bits per heavy atom. The fourth-order valence-electron chi connectivity index (χ4n) is 2.18. The fraction of sp³-hybridized carbons (Fsp3) is 0.467. The molecule has 2 rings (SSSR count). The predicted octanol–water partition coefficient (Wildman–Crippen LogP) is 3.05. The van der Waals surface area contributed by atoms with Gasteiger partial charge in [-0.1, -0.05) is 5.57 Å². The molecule has 0 bridgehead atoms. The van der Waals surface area contributed by atoms with Crippen LogP contribution in [0.3, 0.4) is 0 Å². The highest BCUT2D eigenvalue weighted by molar-refractivity contribution is 5.88. The number of nitrogens with zero attached hydrogens (tertiary/aromatic N) is 2. The number of likely N-dealkylation sites (tertiary alicyclic amines) is 1. The molecule has 0 radical (unpaired) electrons. The minimum absolute atomic E-state index is 0.0728. The number of pyridine rings is 1. The van der Waals surface area contributed by atoms with Crippen LogP contribution < -0.4 is 4.74 Å². The van der Waals surface area contributed by atoms with Crippen LogP contribution in [0.1, 0.15) is 25.8 Å². The maximum Gasteiger partial charge on any atom is 0.416 e. The summed E-state index contributed by atoms with van der Waals surface area (Å²) in [7, 11) is 0. The third kappa shape index (κ3) is 4.22. The van der Waals surface area contributed by atoms with Gasteiger partial charge in [-0.05, 0) is 19.9 Å². The van der Waals surface area contributed by atoms with Crippen molar-refractivity contribution < 1.29 is 22.7 Å². The van der Waals surface area contributed by atoms with Crippen LogP contribution in [-0.2, 0) is 11.0 Å². The third-order valence-corrected chi connectivity index (χ3v) is 3.22. The molecule has 22 heavy (non-hydrogen) atoms. The molecular formula is C15H17F3N2O2. The number of hydrogen-bond acceptors (Lipinski definition) is 3. The smallest absolute Gasteiger partial charge is 0.416 e. The van der Waals surface area contributed by atoms with Crippen LogP contribution in [0.2, 0.25) is 0 Å². The van der Waals surface area contributed by atoms with Crippen molar-refractivity contribution >= 4 is 5.91 Å². The zero-order valence-electron chi connectivity index (χ0n) is 12.4. The lowest BCUT2D eigenvalue weighted by molar-refractivity contribution is -0.137. The van der Waals surface area contributed by atoms with Crippen LogP contribution in [-0.4, -0.2) is 35.0 Å². The van der Waals surface area contributed by atoms with Crippen molar-refractivity contribution in [2.45, 2.75) is 32.5 Å². The predicted molar refractivity (Wildman–Crippen MR) is 74.3 cm³/mol. The van der Waals surface area contributed by atoms with Crippen molar-refractivity contribution in [1.82, 2.24) is 9.88 Å². The SMILES string of the molecule is CC(C)=CC(=O)N1CCC(Oc2cc(C(F)(F)F)ccn2)C1. The van der Waals surface area contributed by atoms with Crippen LogP contribution in [0.15, 0.2) is 30.0 Å². The quantitative estimate of drug-likeness (QED) is 0.805. The molecule has 1 aliphatic heterocycles. The molecule has 0 aliphatic carbocycles. The standard InChI is InChI=1S/C15H17F3N2O2/c1-10(2)7-14(21)20-6-4-12(9-20)22-13-8-11(3-5-19-13)15(16,17)18/h3,5,7-8,12H,4,6,9H2,1-2H3. The number of carbonyl (C=O) groups is 1. The molecular weight excluding hydrogens is 297 g/mol. The summed E-state index contributed by atoms with van der Waals surface area (Å²) >= 11 is 0. The second-order valence-electron chi connectivity index (χ2n) is 5.41. The Labute approximate surface area is 126 Å². The summed E-state index contributed by atoms with van der Waals surface area (Å²) in [4.78, 5) is 17.3. The zero-order valence-corrected chi connectivity index (χ0v) is 12.4. The average Bonchev–Trinajstić information content (AvgIpc) is 2.86. The molecule has 1 saturated heterocycles. The van der Waals surface area contributed by atoms with Gasteiger partial charge in [0.1, 0.15) is 6.10 Å². The Morgan fingerprint density at radius 2 is 2.18 bits per heavy atom. The average molecular weight is 314 g/mol. The molecule has 1 fully saturated rings. The van der Waals surface area contributed by atoms with Gasteiger partial charge in [-0.15, -0.1) is 0 Å². The highest BCUT2D eigenvalue weighted by atomic mass is 19.4. The summed E-state index contributed by atoms with van der Waals surface area (Å²) < 4.78 is 43.4. The van der Waals surface area contributed by atoms with Crippen molar-refractivity contribution in [1.29, 1.82) is 0 Å². The zero-order chi connectivity index (χ0) is 16.3. The summed E-state index contributed by atoms with van der Waals surface area (Å²) in [6, 6.07) is 1.77. The number of hydrogen-bond donors (Lipinski definition) is 0. The van der Waals surface area contributed by atoms with Gasteiger partial charge in [0.25, 0.3) is 0 Å². The highest BCUT2D eigenvalue weighted by Gasteiger charge is 2.32. The molecule has 2 heterocycles. The van der Waals surface area contributed by atoms with Crippen molar-refractivity contribution in [2.24, 2.45) is 0 Å². The third-order valence-electron chi connectivity index (χ3n) is 3.22. The van der Waals surface area contributed by atoms with E-state index in [4.69, 9.17) is 4.74 Å². The molecule has 0 aromatic carbocycles. The van der Waals surface area contributed by atoms with E-state index in [-0.39, 0.29) is 17.9 Å². The van der Waals surface area contributed by atoms with Gasteiger partial charge >= 0.3 is 6.18 Å². The van der Waals surface area contributed by atoms with Gasteiger partial charge < -0.3 is 9.64 Å². The van der Waals surface area contributed by atoms with Gasteiger partial charge in [-0.2, -0.15) is 13.2 Å². The van der Waals surface area contributed by atoms with Crippen molar-refractivity contribution in [3.63, 3.8) is 0 Å². The first kappa shape index (κ1) is 16.3. The van der Waals surface area contributed by atoms with E-state index in [2.05, 4.69) is 4.98 Å². The van der Waals surface area contributed by atoms with E-state index in [0.717, 1.165) is 23.9 Å². The Bertz CT molecular complexity index is 580. The first-order chi connectivity index (χ1) is 10.3. The topological polar surface area (TPSA) is 42.4 Å². The van der Waals surface area contributed by atoms with Crippen LogP contribution in [0, 0.1) is 0 Å². The van der Waals surface area contributed by atoms with Crippen molar-refractivity contribution in [3.05, 3.63) is 35.5 Å². The Balaban J connectivity index is 1.99. The number of allylic oxidation sites excluding steroid dienone is 1. The van der Waals surface area contributed by atoms with Gasteiger partial charge in [-0.3, -0.25) is 4.79 Å². The maximum absolute atomic E-state index is 12.6. The number of halogens is 3. The van der Waals surface area contributed by atoms with E-state index >= 15 is 0 Å². The molecule has 0 N–H and O–H groups in total. The first-order valence-corrected chi connectivity index (χ1v) is 6.89. The summed E-state index contributed by atoms with van der Waals surface area (Å²) in [5.74, 6) is -0.181. The number of carbonyl (C=O) groups excluding carboxylic acids is 1. The van der Waals surface area contributed by atoms with E-state index in [0.29, 0.717) is 19.5 Å². The number of alkyl halides is 3. The lowest BCUT2D eigenvalue weighted by Gasteiger charge is -2.16. The van der Waals surface area contributed by atoms with Crippen molar-refractivity contribution in [2.75, 3.05) is 13.1 Å². The normalized spacial score (nSPS) is 18.2. The number of rotatable bonds is 3. The molecule has 1 aromatic rings. The summed E-state index contributed by atoms with van der Waals surface area (Å²) in [6.45, 7) is 4.52. The molecule has 1 unspecified atom stereocenters. The Kier molecular flexibility index (Phi) is 4.73. The summed E-state index contributed by atoms with van der Waals surface area (Å²) in [5, 5.41) is 0. The summed E-state index contributed by atoms with van der Waals surface area (Å²) in [5.41, 5.74) is 0.0990. The van der Waals surface area contributed by atoms with E-state index < -0.39 is 11.7 Å².